The summed E-state index contributed by atoms with van der Waals surface area (Å²) < 4.78 is 16.7. The number of aliphatic carboxylic acids is 1. The van der Waals surface area contributed by atoms with Gasteiger partial charge in [0.2, 0.25) is 5.91 Å². The average molecular weight is 420 g/mol. The van der Waals surface area contributed by atoms with Gasteiger partial charge in [0.25, 0.3) is 0 Å². The van der Waals surface area contributed by atoms with Crippen LogP contribution in [0.2, 0.25) is 0 Å². The van der Waals surface area contributed by atoms with E-state index in [1.165, 1.54) is 6.08 Å². The summed E-state index contributed by atoms with van der Waals surface area (Å²) in [6, 6.07) is 7.24. The number of benzene rings is 1. The molecule has 1 aromatic heterocycles. The minimum atomic E-state index is -0.857. The largest absolute Gasteiger partial charge is 0.490 e. The molecular weight excluding hydrogens is 398 g/mol. The van der Waals surface area contributed by atoms with Crippen LogP contribution >= 0.6 is 11.6 Å². The topological polar surface area (TPSA) is 89.2 Å². The van der Waals surface area contributed by atoms with E-state index >= 15 is 0 Å². The third-order valence-corrected chi connectivity index (χ3v) is 4.65. The van der Waals surface area contributed by atoms with E-state index in [4.69, 9.17) is 30.6 Å². The Morgan fingerprint density at radius 3 is 2.83 bits per heavy atom. The molecule has 1 saturated heterocycles. The Balaban J connectivity index is 1.66. The number of carboxylic acids is 1. The van der Waals surface area contributed by atoms with Crippen LogP contribution in [0.5, 0.6) is 5.75 Å². The van der Waals surface area contributed by atoms with E-state index in [0.717, 1.165) is 5.39 Å². The molecule has 0 bridgehead atoms. The molecule has 0 aliphatic carbocycles. The number of allylic oxidation sites excluding steroid dienone is 2. The molecular formula is C21H22ClNO6. The van der Waals surface area contributed by atoms with Gasteiger partial charge < -0.3 is 23.9 Å². The molecule has 0 radical (unpaired) electrons. The first kappa shape index (κ1) is 21.0. The maximum atomic E-state index is 12.1. The molecule has 0 unspecified atom stereocenters. The van der Waals surface area contributed by atoms with Crippen LogP contribution in [0.3, 0.4) is 0 Å². The molecule has 1 amide bonds. The molecule has 154 valence electrons. The lowest BCUT2D eigenvalue weighted by molar-refractivity contribution is -0.137. The lowest BCUT2D eigenvalue weighted by atomic mass is 10.2. The smallest absolute Gasteiger partial charge is 0.303 e. The monoisotopic (exact) mass is 419 g/mol. The first-order valence-corrected chi connectivity index (χ1v) is 9.70. The van der Waals surface area contributed by atoms with Crippen LogP contribution in [0.15, 0.2) is 46.9 Å². The Morgan fingerprint density at radius 1 is 1.28 bits per heavy atom. The van der Waals surface area contributed by atoms with Crippen molar-refractivity contribution in [3.8, 4) is 5.75 Å². The summed E-state index contributed by atoms with van der Waals surface area (Å²) >= 11 is 6.33. The second kappa shape index (κ2) is 10.1. The number of furan rings is 1. The molecule has 29 heavy (non-hydrogen) atoms. The predicted molar refractivity (Wildman–Crippen MR) is 109 cm³/mol. The first-order valence-electron chi connectivity index (χ1n) is 9.32. The number of carboxylic acid groups (broad SMARTS) is 1. The van der Waals surface area contributed by atoms with E-state index in [-0.39, 0.29) is 18.9 Å². The van der Waals surface area contributed by atoms with E-state index in [9.17, 15) is 9.59 Å². The zero-order chi connectivity index (χ0) is 20.6. The molecule has 1 aliphatic heterocycles. The van der Waals surface area contributed by atoms with Crippen molar-refractivity contribution in [2.75, 3.05) is 32.9 Å². The van der Waals surface area contributed by atoms with Gasteiger partial charge in [0.05, 0.1) is 24.9 Å². The fourth-order valence-corrected chi connectivity index (χ4v) is 3.03. The number of hydrogen-bond acceptors (Lipinski definition) is 5. The molecule has 0 atom stereocenters. The minimum absolute atomic E-state index is 0.0451. The van der Waals surface area contributed by atoms with Crippen molar-refractivity contribution in [3.63, 3.8) is 0 Å². The molecule has 2 aromatic rings. The quantitative estimate of drug-likeness (QED) is 0.399. The number of nitrogens with zero attached hydrogens (tertiary/aromatic N) is 1. The van der Waals surface area contributed by atoms with Gasteiger partial charge in [0.1, 0.15) is 5.76 Å². The van der Waals surface area contributed by atoms with E-state index in [0.29, 0.717) is 54.8 Å². The molecule has 1 aromatic carbocycles. The van der Waals surface area contributed by atoms with Crippen LogP contribution in [-0.4, -0.2) is 54.8 Å². The zero-order valence-corrected chi connectivity index (χ0v) is 16.6. The van der Waals surface area contributed by atoms with Gasteiger partial charge in [0, 0.05) is 31.0 Å². The Morgan fingerprint density at radius 2 is 2.07 bits per heavy atom. The summed E-state index contributed by atoms with van der Waals surface area (Å²) in [4.78, 5) is 24.4. The van der Waals surface area contributed by atoms with E-state index < -0.39 is 5.97 Å². The zero-order valence-electron chi connectivity index (χ0n) is 15.8. The van der Waals surface area contributed by atoms with Gasteiger partial charge >= 0.3 is 5.97 Å². The average Bonchev–Trinajstić information content (AvgIpc) is 3.17. The highest BCUT2D eigenvalue weighted by atomic mass is 35.5. The summed E-state index contributed by atoms with van der Waals surface area (Å²) in [7, 11) is 0. The number of hydrogen-bond donors (Lipinski definition) is 1. The minimum Gasteiger partial charge on any atom is -0.490 e. The third-order valence-electron chi connectivity index (χ3n) is 4.34. The lowest BCUT2D eigenvalue weighted by Gasteiger charge is -2.25. The summed E-state index contributed by atoms with van der Waals surface area (Å²) in [6.45, 7) is 2.54. The fraction of sp³-hybridized carbons (Fsp3) is 0.333. The lowest BCUT2D eigenvalue weighted by Crippen LogP contribution is -2.39. The SMILES string of the molecule is O=C(O)CCCOc1cccc2cc(/C(Cl)=C/C=C/C(=O)N3CCOCC3)oc12. The van der Waals surface area contributed by atoms with Gasteiger partial charge in [-0.1, -0.05) is 29.8 Å². The Kier molecular flexibility index (Phi) is 7.32. The molecule has 1 N–H and O–H groups in total. The highest BCUT2D eigenvalue weighted by Crippen LogP contribution is 2.32. The van der Waals surface area contributed by atoms with Crippen molar-refractivity contribution in [3.05, 3.63) is 48.3 Å². The molecule has 8 heteroatoms. The van der Waals surface area contributed by atoms with Crippen molar-refractivity contribution in [1.29, 1.82) is 0 Å². The number of ether oxygens (including phenoxy) is 2. The Hall–Kier alpha value is -2.77. The van der Waals surface area contributed by atoms with Crippen LogP contribution in [-0.2, 0) is 14.3 Å². The molecule has 7 nitrogen and oxygen atoms in total. The molecule has 0 saturated carbocycles. The molecule has 1 fully saturated rings. The van der Waals surface area contributed by atoms with Crippen molar-refractivity contribution in [1.82, 2.24) is 4.90 Å². The van der Waals surface area contributed by atoms with Gasteiger partial charge in [-0.25, -0.2) is 0 Å². The number of carbonyl (C=O) groups excluding carboxylic acids is 1. The fourth-order valence-electron chi connectivity index (χ4n) is 2.86. The van der Waals surface area contributed by atoms with Gasteiger partial charge in [-0.05, 0) is 24.6 Å². The van der Waals surface area contributed by atoms with Crippen molar-refractivity contribution >= 4 is 39.5 Å². The molecule has 1 aliphatic rings. The standard InChI is InChI=1S/C21H22ClNO6/c22-16(5-2-7-19(24)23-9-12-27-13-10-23)18-14-15-4-1-6-17(21(15)29-18)28-11-3-8-20(25)26/h1-2,4-7,14H,3,8-13H2,(H,25,26)/b7-2+,16-5-. The van der Waals surface area contributed by atoms with Gasteiger partial charge in [-0.2, -0.15) is 0 Å². The van der Waals surface area contributed by atoms with Gasteiger partial charge in [-0.15, -0.1) is 0 Å². The number of halogens is 1. The van der Waals surface area contributed by atoms with Gasteiger partial charge in [0.15, 0.2) is 11.3 Å². The van der Waals surface area contributed by atoms with Crippen LogP contribution in [0.1, 0.15) is 18.6 Å². The van der Waals surface area contributed by atoms with Crippen molar-refractivity contribution in [2.45, 2.75) is 12.8 Å². The normalized spacial score (nSPS) is 15.2. The van der Waals surface area contributed by atoms with E-state index in [2.05, 4.69) is 0 Å². The van der Waals surface area contributed by atoms with Crippen molar-refractivity contribution in [2.24, 2.45) is 0 Å². The van der Waals surface area contributed by atoms with E-state index in [1.807, 2.05) is 12.1 Å². The van der Waals surface area contributed by atoms with Crippen LogP contribution in [0.4, 0.5) is 0 Å². The Bertz CT molecular complexity index is 926. The summed E-state index contributed by atoms with van der Waals surface area (Å²) in [5.41, 5.74) is 0.540. The number of carbonyl (C=O) groups is 2. The van der Waals surface area contributed by atoms with Crippen LogP contribution in [0, 0.1) is 0 Å². The number of para-hydroxylation sites is 1. The number of morpholine rings is 1. The predicted octanol–water partition coefficient (Wildman–Crippen LogP) is 3.67. The van der Waals surface area contributed by atoms with Crippen LogP contribution < -0.4 is 4.74 Å². The van der Waals surface area contributed by atoms with Gasteiger partial charge in [-0.3, -0.25) is 9.59 Å². The third kappa shape index (κ3) is 5.85. The maximum absolute atomic E-state index is 12.1. The number of fused-ring (bicyclic) bond motifs is 1. The first-order chi connectivity index (χ1) is 14.0. The highest BCUT2D eigenvalue weighted by Gasteiger charge is 2.14. The van der Waals surface area contributed by atoms with Crippen molar-refractivity contribution < 1.29 is 28.6 Å². The van der Waals surface area contributed by atoms with E-state index in [1.54, 1.807) is 29.2 Å². The summed E-state index contributed by atoms with van der Waals surface area (Å²) in [5, 5.41) is 9.86. The molecule has 3 rings (SSSR count). The second-order valence-electron chi connectivity index (χ2n) is 6.44. The maximum Gasteiger partial charge on any atom is 0.303 e. The van der Waals surface area contributed by atoms with Crippen LogP contribution in [0.25, 0.3) is 16.0 Å². The highest BCUT2D eigenvalue weighted by molar-refractivity contribution is 6.48. The number of rotatable bonds is 8. The summed E-state index contributed by atoms with van der Waals surface area (Å²) in [5.74, 6) is 0.0354. The Labute approximate surface area is 173 Å². The molecule has 0 spiro atoms. The summed E-state index contributed by atoms with van der Waals surface area (Å²) in [6.07, 6.45) is 5.11. The second-order valence-corrected chi connectivity index (χ2v) is 6.85. The molecule has 2 heterocycles. The number of amides is 1.